The summed E-state index contributed by atoms with van der Waals surface area (Å²) in [5, 5.41) is 0. The van der Waals surface area contributed by atoms with Gasteiger partial charge < -0.3 is 20.1 Å². The first kappa shape index (κ1) is 67.0. The number of phosphoric acid groups is 1. The Morgan fingerprint density at radius 3 is 1.19 bits per heavy atom. The van der Waals surface area contributed by atoms with E-state index in [-0.39, 0.29) is 38.6 Å². The van der Waals surface area contributed by atoms with Crippen LogP contribution in [0.15, 0.2) is 48.6 Å². The van der Waals surface area contributed by atoms with Gasteiger partial charge in [-0.1, -0.05) is 268 Å². The normalized spacial score (nSPS) is 13.4. The van der Waals surface area contributed by atoms with Crippen LogP contribution in [0.5, 0.6) is 0 Å². The lowest BCUT2D eigenvalue weighted by Crippen LogP contribution is -2.29. The third kappa shape index (κ3) is 55.1. The molecular formula is C59H110NO8P. The number of ether oxygens (including phenoxy) is 2. The highest BCUT2D eigenvalue weighted by atomic mass is 31.2. The van der Waals surface area contributed by atoms with E-state index in [9.17, 15) is 19.0 Å². The molecule has 0 aliphatic carbocycles. The maximum Gasteiger partial charge on any atom is 0.472 e. The maximum absolute atomic E-state index is 12.7. The summed E-state index contributed by atoms with van der Waals surface area (Å²) in [5.74, 6) is -0.814. The van der Waals surface area contributed by atoms with E-state index in [1.54, 1.807) is 0 Å². The summed E-state index contributed by atoms with van der Waals surface area (Å²) in [6.07, 6.45) is 67.4. The van der Waals surface area contributed by atoms with Crippen molar-refractivity contribution in [2.24, 2.45) is 5.73 Å². The van der Waals surface area contributed by atoms with Crippen molar-refractivity contribution < 1.29 is 37.6 Å². The molecule has 0 rings (SSSR count). The third-order valence-corrected chi connectivity index (χ3v) is 13.7. The van der Waals surface area contributed by atoms with Crippen LogP contribution in [-0.4, -0.2) is 49.3 Å². The Morgan fingerprint density at radius 1 is 0.449 bits per heavy atom. The molecule has 2 atom stereocenters. The van der Waals surface area contributed by atoms with Gasteiger partial charge in [-0.05, 0) is 51.4 Å². The fraction of sp³-hybridized carbons (Fsp3) is 0.831. The van der Waals surface area contributed by atoms with E-state index in [0.29, 0.717) is 6.42 Å². The van der Waals surface area contributed by atoms with Gasteiger partial charge >= 0.3 is 19.8 Å². The molecule has 69 heavy (non-hydrogen) atoms. The minimum atomic E-state index is -4.39. The van der Waals surface area contributed by atoms with Crippen LogP contribution in [0, 0.1) is 0 Å². The molecule has 0 aliphatic heterocycles. The summed E-state index contributed by atoms with van der Waals surface area (Å²) in [6.45, 7) is 3.68. The second-order valence-corrected chi connectivity index (χ2v) is 20.9. The molecule has 0 saturated carbocycles. The molecule has 10 heteroatoms. The quantitative estimate of drug-likeness (QED) is 0.0264. The number of esters is 2. The molecule has 404 valence electrons. The van der Waals surface area contributed by atoms with Gasteiger partial charge in [0.15, 0.2) is 6.10 Å². The zero-order chi connectivity index (χ0) is 50.2. The predicted octanol–water partition coefficient (Wildman–Crippen LogP) is 18.2. The van der Waals surface area contributed by atoms with Crippen LogP contribution < -0.4 is 5.73 Å². The van der Waals surface area contributed by atoms with Crippen LogP contribution in [0.4, 0.5) is 0 Å². The average molecular weight is 993 g/mol. The molecule has 0 saturated heterocycles. The fourth-order valence-corrected chi connectivity index (χ4v) is 9.22. The lowest BCUT2D eigenvalue weighted by molar-refractivity contribution is -0.161. The maximum atomic E-state index is 12.7. The lowest BCUT2D eigenvalue weighted by Gasteiger charge is -2.19. The molecular weight excluding hydrogens is 882 g/mol. The minimum Gasteiger partial charge on any atom is -0.462 e. The van der Waals surface area contributed by atoms with Gasteiger partial charge in [-0.15, -0.1) is 0 Å². The largest absolute Gasteiger partial charge is 0.472 e. The van der Waals surface area contributed by atoms with E-state index < -0.39 is 26.5 Å². The van der Waals surface area contributed by atoms with Crippen molar-refractivity contribution in [2.75, 3.05) is 26.4 Å². The predicted molar refractivity (Wildman–Crippen MR) is 293 cm³/mol. The van der Waals surface area contributed by atoms with E-state index in [0.717, 1.165) is 64.2 Å². The Hall–Kier alpha value is -2.03. The van der Waals surface area contributed by atoms with E-state index in [1.807, 2.05) is 0 Å². The van der Waals surface area contributed by atoms with Gasteiger partial charge in [-0.25, -0.2) is 4.57 Å². The molecule has 0 fully saturated rings. The molecule has 0 aromatic rings. The first-order valence-corrected chi connectivity index (χ1v) is 30.6. The average Bonchev–Trinajstić information content (AvgIpc) is 3.34. The Kier molecular flexibility index (Phi) is 53.7. The molecule has 0 amide bonds. The molecule has 0 spiro atoms. The number of hydrogen-bond donors (Lipinski definition) is 2. The summed E-state index contributed by atoms with van der Waals surface area (Å²) < 4.78 is 33.1. The zero-order valence-corrected chi connectivity index (χ0v) is 45.9. The van der Waals surface area contributed by atoms with Gasteiger partial charge in [0.1, 0.15) is 6.61 Å². The van der Waals surface area contributed by atoms with Crippen molar-refractivity contribution in [3.63, 3.8) is 0 Å². The third-order valence-electron chi connectivity index (χ3n) is 12.7. The number of carbonyl (C=O) groups is 2. The highest BCUT2D eigenvalue weighted by molar-refractivity contribution is 7.47. The van der Waals surface area contributed by atoms with Crippen LogP contribution in [0.1, 0.15) is 284 Å². The van der Waals surface area contributed by atoms with Crippen molar-refractivity contribution in [3.8, 4) is 0 Å². The zero-order valence-electron chi connectivity index (χ0n) is 45.1. The smallest absolute Gasteiger partial charge is 0.462 e. The monoisotopic (exact) mass is 992 g/mol. The van der Waals surface area contributed by atoms with Crippen LogP contribution in [0.3, 0.4) is 0 Å². The molecule has 0 heterocycles. The summed E-state index contributed by atoms with van der Waals surface area (Å²) in [6, 6.07) is 0. The van der Waals surface area contributed by atoms with Crippen molar-refractivity contribution in [2.45, 2.75) is 290 Å². The van der Waals surface area contributed by atoms with Crippen molar-refractivity contribution in [3.05, 3.63) is 48.6 Å². The minimum absolute atomic E-state index is 0.0543. The van der Waals surface area contributed by atoms with Crippen LogP contribution in [-0.2, 0) is 32.7 Å². The van der Waals surface area contributed by atoms with E-state index >= 15 is 0 Å². The Balaban J connectivity index is 3.94. The number of unbranched alkanes of at least 4 members (excludes halogenated alkanes) is 34. The van der Waals surface area contributed by atoms with E-state index in [4.69, 9.17) is 24.3 Å². The topological polar surface area (TPSA) is 134 Å². The van der Waals surface area contributed by atoms with Crippen LogP contribution in [0.2, 0.25) is 0 Å². The molecule has 0 radical (unpaired) electrons. The molecule has 0 bridgehead atoms. The highest BCUT2D eigenvalue weighted by Gasteiger charge is 2.26. The first-order chi connectivity index (χ1) is 33.8. The first-order valence-electron chi connectivity index (χ1n) is 29.1. The highest BCUT2D eigenvalue weighted by Crippen LogP contribution is 2.43. The van der Waals surface area contributed by atoms with Gasteiger partial charge in [0.05, 0.1) is 13.2 Å². The van der Waals surface area contributed by atoms with Gasteiger partial charge in [-0.3, -0.25) is 18.6 Å². The standard InChI is InChI=1S/C59H110NO8P/c1-3-5-7-9-11-13-15-17-19-21-23-25-26-27-28-29-30-32-34-36-38-40-42-44-46-48-50-52-59(62)68-57(56-67-69(63,64)66-54-53-60)55-65-58(61)51-49-47-45-43-41-39-37-35-33-31-24-22-20-18-16-14-12-10-8-6-4-2/h5,7,11,13,17,19,23,25,57H,3-4,6,8-10,12,14-16,18,20-22,24,26-56,60H2,1-2H3,(H,63,64)/b7-5-,13-11-,19-17-,25-23-. The van der Waals surface area contributed by atoms with Gasteiger partial charge in [0.25, 0.3) is 0 Å². The molecule has 3 N–H and O–H groups in total. The van der Waals surface area contributed by atoms with E-state index in [2.05, 4.69) is 62.5 Å². The molecule has 0 aliphatic rings. The van der Waals surface area contributed by atoms with Crippen LogP contribution in [0.25, 0.3) is 0 Å². The molecule has 2 unspecified atom stereocenters. The van der Waals surface area contributed by atoms with Gasteiger partial charge in [0, 0.05) is 19.4 Å². The summed E-state index contributed by atoms with van der Waals surface area (Å²) in [7, 11) is -4.39. The van der Waals surface area contributed by atoms with Crippen molar-refractivity contribution in [1.82, 2.24) is 0 Å². The number of hydrogen-bond acceptors (Lipinski definition) is 8. The molecule has 0 aromatic carbocycles. The second kappa shape index (κ2) is 55.3. The van der Waals surface area contributed by atoms with Crippen LogP contribution >= 0.6 is 7.82 Å². The van der Waals surface area contributed by atoms with Crippen molar-refractivity contribution >= 4 is 19.8 Å². The Bertz CT molecular complexity index is 1270. The summed E-state index contributed by atoms with van der Waals surface area (Å²) in [4.78, 5) is 35.2. The SMILES string of the molecule is CC/C=C\C/C=C\C/C=C\C/C=C\CCCCCCCCCCCCCCCCC(=O)OC(COC(=O)CCCCCCCCCCCCCCCCCCCCCCC)COP(=O)(O)OCCN. The van der Waals surface area contributed by atoms with Crippen molar-refractivity contribution in [1.29, 1.82) is 0 Å². The number of rotatable bonds is 55. The fourth-order valence-electron chi connectivity index (χ4n) is 8.45. The number of phosphoric ester groups is 1. The molecule has 9 nitrogen and oxygen atoms in total. The van der Waals surface area contributed by atoms with Gasteiger partial charge in [0.2, 0.25) is 0 Å². The molecule has 0 aromatic heterocycles. The second-order valence-electron chi connectivity index (χ2n) is 19.5. The lowest BCUT2D eigenvalue weighted by atomic mass is 10.0. The summed E-state index contributed by atoms with van der Waals surface area (Å²) in [5.41, 5.74) is 5.38. The van der Waals surface area contributed by atoms with E-state index in [1.165, 1.54) is 186 Å². The Labute approximate surface area is 426 Å². The van der Waals surface area contributed by atoms with Gasteiger partial charge in [-0.2, -0.15) is 0 Å². The summed E-state index contributed by atoms with van der Waals surface area (Å²) >= 11 is 0. The number of nitrogens with two attached hydrogens (primary N) is 1. The number of allylic oxidation sites excluding steroid dienone is 8. The number of carbonyl (C=O) groups excluding carboxylic acids is 2. The Morgan fingerprint density at radius 2 is 0.797 bits per heavy atom.